The number of aromatic nitrogens is 3. The Balaban J connectivity index is 1.49. The summed E-state index contributed by atoms with van der Waals surface area (Å²) in [6, 6.07) is 3.79. The van der Waals surface area contributed by atoms with Gasteiger partial charge in [-0.15, -0.1) is 0 Å². The van der Waals surface area contributed by atoms with E-state index in [0.29, 0.717) is 37.8 Å². The van der Waals surface area contributed by atoms with E-state index in [-0.39, 0.29) is 25.7 Å². The minimum Gasteiger partial charge on any atom is -0.490 e. The van der Waals surface area contributed by atoms with Crippen LogP contribution in [-0.2, 0) is 38.1 Å². The molecule has 0 saturated carbocycles. The Kier molecular flexibility index (Phi) is 5.29. The van der Waals surface area contributed by atoms with Crippen molar-refractivity contribution in [1.82, 2.24) is 14.5 Å². The summed E-state index contributed by atoms with van der Waals surface area (Å²) < 4.78 is 25.4. The van der Waals surface area contributed by atoms with E-state index in [1.165, 1.54) is 6.92 Å². The molecule has 1 unspecified atom stereocenters. The van der Waals surface area contributed by atoms with Crippen molar-refractivity contribution >= 4 is 22.6 Å². The van der Waals surface area contributed by atoms with E-state index < -0.39 is 11.2 Å². The van der Waals surface area contributed by atoms with Gasteiger partial charge in [-0.2, -0.15) is 0 Å². The monoisotopic (exact) mass is 480 g/mol. The van der Waals surface area contributed by atoms with Crippen LogP contribution in [0.1, 0.15) is 24.6 Å². The Morgan fingerprint density at radius 1 is 1.26 bits per heavy atom. The molecule has 0 aromatic carbocycles. The van der Waals surface area contributed by atoms with Crippen molar-refractivity contribution in [2.24, 2.45) is 7.05 Å². The van der Waals surface area contributed by atoms with Gasteiger partial charge in [-0.25, -0.2) is 9.97 Å². The Morgan fingerprint density at radius 2 is 2.11 bits per heavy atom. The van der Waals surface area contributed by atoms with Crippen LogP contribution in [0.5, 0.6) is 5.75 Å². The molecule has 0 radical (unpaired) electrons. The van der Waals surface area contributed by atoms with Crippen molar-refractivity contribution in [2.75, 3.05) is 45.0 Å². The molecule has 10 heteroatoms. The number of amides is 1. The van der Waals surface area contributed by atoms with Crippen molar-refractivity contribution in [3.63, 3.8) is 0 Å². The van der Waals surface area contributed by atoms with Crippen LogP contribution < -0.4 is 10.1 Å². The maximum absolute atomic E-state index is 11.6. The lowest BCUT2D eigenvalue weighted by molar-refractivity contribution is -0.192. The van der Waals surface area contributed by atoms with Crippen molar-refractivity contribution in [3.8, 4) is 17.0 Å². The summed E-state index contributed by atoms with van der Waals surface area (Å²) in [7, 11) is 1.95. The smallest absolute Gasteiger partial charge is 0.222 e. The van der Waals surface area contributed by atoms with Crippen molar-refractivity contribution in [1.29, 1.82) is 0 Å². The zero-order valence-electron chi connectivity index (χ0n) is 19.8. The Hall–Kier alpha value is -3.05. The number of carbonyl (C=O) groups is 1. The molecule has 6 rings (SSSR count). The van der Waals surface area contributed by atoms with Crippen LogP contribution in [0.25, 0.3) is 22.2 Å². The molecule has 1 atom stereocenters. The SMILES string of the molecule is CC(=O)Nc1cc2c(-c3cc(OCC4(O)COC4)c4c(n3)C3(CCOC3)OCC4)cn(C)c2cn1. The molecule has 3 aromatic rings. The first-order valence-electron chi connectivity index (χ1n) is 11.8. The third kappa shape index (κ3) is 3.86. The third-order valence-electron chi connectivity index (χ3n) is 6.92. The number of aliphatic hydroxyl groups is 1. The number of rotatable bonds is 5. The van der Waals surface area contributed by atoms with Gasteiger partial charge in [0, 0.05) is 62.2 Å². The number of pyridine rings is 2. The van der Waals surface area contributed by atoms with Gasteiger partial charge in [-0.1, -0.05) is 0 Å². The molecule has 3 aliphatic heterocycles. The molecule has 10 nitrogen and oxygen atoms in total. The number of fused-ring (bicyclic) bond motifs is 3. The van der Waals surface area contributed by atoms with Crippen LogP contribution in [0.4, 0.5) is 5.82 Å². The number of nitrogens with zero attached hydrogens (tertiary/aromatic N) is 3. The standard InChI is InChI=1S/C25H28N4O6/c1-15(30)27-22-7-17-18(10-29(2)20(17)9-26-22)19-8-21(34-13-24(31)11-33-12-24)16-3-5-35-25(23(16)28-19)4-6-32-14-25/h7-10,31H,3-6,11-14H2,1-2H3,(H,26,27,30). The Labute approximate surface area is 202 Å². The minimum absolute atomic E-state index is 0.138. The van der Waals surface area contributed by atoms with E-state index in [1.807, 2.05) is 29.9 Å². The van der Waals surface area contributed by atoms with Crippen molar-refractivity contribution < 1.29 is 28.8 Å². The van der Waals surface area contributed by atoms with Crippen LogP contribution >= 0.6 is 0 Å². The molecule has 2 saturated heterocycles. The van der Waals surface area contributed by atoms with E-state index in [4.69, 9.17) is 23.9 Å². The predicted octanol–water partition coefficient (Wildman–Crippen LogP) is 1.92. The number of hydrogen-bond acceptors (Lipinski definition) is 8. The summed E-state index contributed by atoms with van der Waals surface area (Å²) in [4.78, 5) is 21.1. The Bertz CT molecular complexity index is 1310. The van der Waals surface area contributed by atoms with Crippen LogP contribution in [0.3, 0.4) is 0 Å². The summed E-state index contributed by atoms with van der Waals surface area (Å²) in [5.74, 6) is 0.978. The number of nitrogens with one attached hydrogen (secondary N) is 1. The number of anilines is 1. The van der Waals surface area contributed by atoms with Gasteiger partial charge in [0.15, 0.2) is 0 Å². The highest BCUT2D eigenvalue weighted by atomic mass is 16.6. The van der Waals surface area contributed by atoms with Gasteiger partial charge >= 0.3 is 0 Å². The summed E-state index contributed by atoms with van der Waals surface area (Å²) in [6.07, 6.45) is 5.12. The maximum atomic E-state index is 11.6. The second kappa shape index (κ2) is 8.27. The van der Waals surface area contributed by atoms with E-state index in [2.05, 4.69) is 10.3 Å². The molecule has 2 N–H and O–H groups in total. The normalized spacial score (nSPS) is 22.7. The Morgan fingerprint density at radius 3 is 2.83 bits per heavy atom. The van der Waals surface area contributed by atoms with Crippen LogP contribution in [0.15, 0.2) is 24.5 Å². The minimum atomic E-state index is -0.978. The molecular formula is C25H28N4O6. The van der Waals surface area contributed by atoms with Gasteiger partial charge in [-0.3, -0.25) is 4.79 Å². The second-order valence-corrected chi connectivity index (χ2v) is 9.66. The maximum Gasteiger partial charge on any atom is 0.222 e. The topological polar surface area (TPSA) is 117 Å². The highest BCUT2D eigenvalue weighted by Crippen LogP contribution is 2.44. The molecule has 0 aliphatic carbocycles. The summed E-state index contributed by atoms with van der Waals surface area (Å²) >= 11 is 0. The largest absolute Gasteiger partial charge is 0.490 e. The quantitative estimate of drug-likeness (QED) is 0.569. The van der Waals surface area contributed by atoms with Gasteiger partial charge in [0.1, 0.15) is 29.4 Å². The number of hydrogen-bond donors (Lipinski definition) is 2. The van der Waals surface area contributed by atoms with Crippen LogP contribution in [0.2, 0.25) is 0 Å². The molecule has 6 heterocycles. The lowest BCUT2D eigenvalue weighted by atomic mass is 9.89. The fourth-order valence-corrected chi connectivity index (χ4v) is 5.06. The average Bonchev–Trinajstić information content (AvgIpc) is 3.41. The van der Waals surface area contributed by atoms with E-state index in [9.17, 15) is 9.90 Å². The number of ether oxygens (including phenoxy) is 4. The molecule has 3 aromatic heterocycles. The lowest BCUT2D eigenvalue weighted by Crippen LogP contribution is -2.54. The molecular weight excluding hydrogens is 452 g/mol. The number of carbonyl (C=O) groups excluding carboxylic acids is 1. The lowest BCUT2D eigenvalue weighted by Gasteiger charge is -2.37. The first-order chi connectivity index (χ1) is 16.9. The number of aryl methyl sites for hydroxylation is 1. The fourth-order valence-electron chi connectivity index (χ4n) is 5.06. The molecule has 3 aliphatic rings. The zero-order chi connectivity index (χ0) is 24.2. The van der Waals surface area contributed by atoms with Gasteiger partial charge in [-0.05, 0) is 6.07 Å². The highest BCUT2D eigenvalue weighted by molar-refractivity contribution is 5.98. The first-order valence-corrected chi connectivity index (χ1v) is 11.8. The van der Waals surface area contributed by atoms with E-state index in [1.54, 1.807) is 6.20 Å². The van der Waals surface area contributed by atoms with Crippen molar-refractivity contribution in [2.45, 2.75) is 31.0 Å². The molecule has 2 fully saturated rings. The summed E-state index contributed by atoms with van der Waals surface area (Å²) in [5, 5.41) is 14.2. The average molecular weight is 481 g/mol. The molecule has 1 amide bonds. The van der Waals surface area contributed by atoms with Gasteiger partial charge < -0.3 is 33.9 Å². The molecule has 184 valence electrons. The predicted molar refractivity (Wildman–Crippen MR) is 126 cm³/mol. The van der Waals surface area contributed by atoms with Crippen LogP contribution in [-0.4, -0.2) is 70.8 Å². The van der Waals surface area contributed by atoms with Gasteiger partial charge in [0.2, 0.25) is 5.91 Å². The molecule has 1 spiro atoms. The van der Waals surface area contributed by atoms with Gasteiger partial charge in [0.05, 0.1) is 49.5 Å². The van der Waals surface area contributed by atoms with Crippen molar-refractivity contribution in [3.05, 3.63) is 35.8 Å². The van der Waals surface area contributed by atoms with Gasteiger partial charge in [0.25, 0.3) is 0 Å². The summed E-state index contributed by atoms with van der Waals surface area (Å²) in [6.45, 7) is 3.72. The zero-order valence-corrected chi connectivity index (χ0v) is 19.8. The van der Waals surface area contributed by atoms with E-state index in [0.717, 1.165) is 39.8 Å². The third-order valence-corrected chi connectivity index (χ3v) is 6.92. The molecule has 0 bridgehead atoms. The highest BCUT2D eigenvalue weighted by Gasteiger charge is 2.45. The van der Waals surface area contributed by atoms with E-state index >= 15 is 0 Å². The second-order valence-electron chi connectivity index (χ2n) is 9.66. The molecule has 35 heavy (non-hydrogen) atoms. The van der Waals surface area contributed by atoms with Crippen LogP contribution in [0, 0.1) is 0 Å². The fraction of sp³-hybridized carbons (Fsp3) is 0.480. The summed E-state index contributed by atoms with van der Waals surface area (Å²) in [5.41, 5.74) is 2.76. The first kappa shape index (κ1) is 22.4.